The number of sulfonamides is 1. The summed E-state index contributed by atoms with van der Waals surface area (Å²) in [6.45, 7) is 4.79. The van der Waals surface area contributed by atoms with Crippen molar-refractivity contribution in [1.29, 1.82) is 0 Å². The van der Waals surface area contributed by atoms with E-state index in [2.05, 4.69) is 21.9 Å². The van der Waals surface area contributed by atoms with E-state index in [1.807, 2.05) is 0 Å². The largest absolute Gasteiger partial charge is 0.349 e. The molecule has 1 aromatic heterocycles. The van der Waals surface area contributed by atoms with E-state index in [-0.39, 0.29) is 16.8 Å². The average Bonchev–Trinajstić information content (AvgIpc) is 3.14. The summed E-state index contributed by atoms with van der Waals surface area (Å²) >= 11 is 0. The number of amides is 1. The molecule has 2 N–H and O–H groups in total. The van der Waals surface area contributed by atoms with Gasteiger partial charge in [-0.15, -0.1) is 0 Å². The zero-order valence-electron chi connectivity index (χ0n) is 13.3. The lowest BCUT2D eigenvalue weighted by Crippen LogP contribution is -2.41. The smallest absolute Gasteiger partial charge is 0.267 e. The average molecular weight is 328 g/mol. The van der Waals surface area contributed by atoms with Crippen molar-refractivity contribution in [3.05, 3.63) is 18.0 Å². The molecular formula is C14H24N4O3S. The summed E-state index contributed by atoms with van der Waals surface area (Å²) in [7, 11) is -0.530. The van der Waals surface area contributed by atoms with Crippen molar-refractivity contribution in [1.82, 2.24) is 19.5 Å². The van der Waals surface area contributed by atoms with Crippen LogP contribution in [-0.4, -0.2) is 56.5 Å². The molecule has 0 unspecified atom stereocenters. The fraction of sp³-hybridized carbons (Fsp3) is 0.643. The van der Waals surface area contributed by atoms with Crippen LogP contribution in [0.3, 0.4) is 0 Å². The molecule has 2 rings (SSSR count). The fourth-order valence-electron chi connectivity index (χ4n) is 2.67. The van der Waals surface area contributed by atoms with Gasteiger partial charge in [-0.05, 0) is 46.0 Å². The molecule has 1 saturated heterocycles. The zero-order valence-corrected chi connectivity index (χ0v) is 14.1. The van der Waals surface area contributed by atoms with Gasteiger partial charge in [0.05, 0.1) is 0 Å². The molecule has 0 bridgehead atoms. The van der Waals surface area contributed by atoms with Crippen molar-refractivity contribution in [2.24, 2.45) is 7.05 Å². The molecule has 8 heteroatoms. The summed E-state index contributed by atoms with van der Waals surface area (Å²) in [5.74, 6) is -0.258. The van der Waals surface area contributed by atoms with Crippen LogP contribution in [0.1, 0.15) is 30.3 Å². The summed E-state index contributed by atoms with van der Waals surface area (Å²) in [6, 6.07) is 1.68. The van der Waals surface area contributed by atoms with Crippen molar-refractivity contribution < 1.29 is 13.2 Å². The van der Waals surface area contributed by atoms with E-state index in [0.717, 1.165) is 13.1 Å². The van der Waals surface area contributed by atoms with Crippen LogP contribution in [0.5, 0.6) is 0 Å². The summed E-state index contributed by atoms with van der Waals surface area (Å²) < 4.78 is 27.3. The Labute approximate surface area is 131 Å². The maximum absolute atomic E-state index is 12.2. The monoisotopic (exact) mass is 328 g/mol. The standard InChI is InChI=1S/C14H24N4O3S/c1-11(18-6-4-5-7-18)9-16-14(19)13-8-12(10-17(13)3)22(20,21)15-2/h8,10-11,15H,4-7,9H2,1-3H3,(H,16,19)/t11-/m0/s1. The lowest BCUT2D eigenvalue weighted by Gasteiger charge is -2.23. The highest BCUT2D eigenvalue weighted by Crippen LogP contribution is 2.14. The Bertz CT molecular complexity index is 633. The fourth-order valence-corrected chi connectivity index (χ4v) is 3.47. The number of aromatic nitrogens is 1. The Hall–Kier alpha value is -1.38. The van der Waals surface area contributed by atoms with E-state index in [1.165, 1.54) is 36.7 Å². The van der Waals surface area contributed by atoms with E-state index in [4.69, 9.17) is 0 Å². The van der Waals surface area contributed by atoms with Crippen LogP contribution < -0.4 is 10.0 Å². The molecule has 0 aliphatic carbocycles. The van der Waals surface area contributed by atoms with Crippen molar-refractivity contribution in [3.8, 4) is 0 Å². The molecule has 0 aromatic carbocycles. The van der Waals surface area contributed by atoms with Crippen LogP contribution in [-0.2, 0) is 17.1 Å². The van der Waals surface area contributed by atoms with Gasteiger partial charge in [0.15, 0.2) is 0 Å². The van der Waals surface area contributed by atoms with Gasteiger partial charge in [-0.25, -0.2) is 13.1 Å². The number of carbonyl (C=O) groups is 1. The predicted octanol–water partition coefficient (Wildman–Crippen LogP) is 0.147. The second-order valence-corrected chi connectivity index (χ2v) is 7.57. The van der Waals surface area contributed by atoms with Gasteiger partial charge in [0.25, 0.3) is 5.91 Å². The molecule has 2 heterocycles. The van der Waals surface area contributed by atoms with Gasteiger partial charge < -0.3 is 9.88 Å². The number of nitrogens with zero attached hydrogens (tertiary/aromatic N) is 2. The zero-order chi connectivity index (χ0) is 16.3. The van der Waals surface area contributed by atoms with E-state index >= 15 is 0 Å². The minimum atomic E-state index is -3.54. The van der Waals surface area contributed by atoms with Crippen LogP contribution >= 0.6 is 0 Å². The highest BCUT2D eigenvalue weighted by atomic mass is 32.2. The minimum absolute atomic E-state index is 0.0928. The topological polar surface area (TPSA) is 83.4 Å². The summed E-state index contributed by atoms with van der Waals surface area (Å²) in [5.41, 5.74) is 0.336. The van der Waals surface area contributed by atoms with E-state index in [9.17, 15) is 13.2 Å². The molecule has 1 aliphatic heterocycles. The number of hydrogen-bond donors (Lipinski definition) is 2. The molecule has 7 nitrogen and oxygen atoms in total. The van der Waals surface area contributed by atoms with E-state index in [1.54, 1.807) is 7.05 Å². The van der Waals surface area contributed by atoms with Crippen LogP contribution in [0.4, 0.5) is 0 Å². The van der Waals surface area contributed by atoms with Crippen LogP contribution in [0.25, 0.3) is 0 Å². The second kappa shape index (κ2) is 6.80. The van der Waals surface area contributed by atoms with Crippen LogP contribution in [0.15, 0.2) is 17.2 Å². The molecule has 22 heavy (non-hydrogen) atoms. The molecule has 124 valence electrons. The van der Waals surface area contributed by atoms with Gasteiger partial charge in [-0.2, -0.15) is 0 Å². The second-order valence-electron chi connectivity index (χ2n) is 5.68. The van der Waals surface area contributed by atoms with E-state index in [0.29, 0.717) is 12.2 Å². The van der Waals surface area contributed by atoms with Gasteiger partial charge in [0.1, 0.15) is 10.6 Å². The maximum atomic E-state index is 12.2. The Morgan fingerprint density at radius 2 is 2.00 bits per heavy atom. The first-order valence-corrected chi connectivity index (χ1v) is 8.95. The van der Waals surface area contributed by atoms with E-state index < -0.39 is 10.0 Å². The minimum Gasteiger partial charge on any atom is -0.349 e. The molecule has 1 amide bonds. The van der Waals surface area contributed by atoms with Gasteiger partial charge in [-0.1, -0.05) is 0 Å². The quantitative estimate of drug-likeness (QED) is 0.778. The Kier molecular flexibility index (Phi) is 5.25. The first kappa shape index (κ1) is 17.0. The highest BCUT2D eigenvalue weighted by Gasteiger charge is 2.21. The molecule has 1 atom stereocenters. The molecule has 0 spiro atoms. The number of nitrogens with one attached hydrogen (secondary N) is 2. The number of rotatable bonds is 6. The van der Waals surface area contributed by atoms with Crippen LogP contribution in [0.2, 0.25) is 0 Å². The number of aryl methyl sites for hydroxylation is 1. The van der Waals surface area contributed by atoms with Gasteiger partial charge in [-0.3, -0.25) is 9.69 Å². The first-order valence-electron chi connectivity index (χ1n) is 7.47. The third-order valence-electron chi connectivity index (χ3n) is 4.11. The Morgan fingerprint density at radius 1 is 1.36 bits per heavy atom. The molecular weight excluding hydrogens is 304 g/mol. The number of carbonyl (C=O) groups excluding carboxylic acids is 1. The van der Waals surface area contributed by atoms with Gasteiger partial charge in [0.2, 0.25) is 10.0 Å². The summed E-state index contributed by atoms with van der Waals surface area (Å²) in [5, 5.41) is 2.88. The third-order valence-corrected chi connectivity index (χ3v) is 5.49. The molecule has 1 fully saturated rings. The Balaban J connectivity index is 2.00. The number of hydrogen-bond acceptors (Lipinski definition) is 4. The highest BCUT2D eigenvalue weighted by molar-refractivity contribution is 7.89. The maximum Gasteiger partial charge on any atom is 0.267 e. The summed E-state index contributed by atoms with van der Waals surface area (Å²) in [4.78, 5) is 14.7. The van der Waals surface area contributed by atoms with Crippen molar-refractivity contribution >= 4 is 15.9 Å². The third kappa shape index (κ3) is 3.68. The normalized spacial score (nSPS) is 17.6. The van der Waals surface area contributed by atoms with Gasteiger partial charge in [0, 0.05) is 25.8 Å². The lowest BCUT2D eigenvalue weighted by atomic mass is 10.3. The van der Waals surface area contributed by atoms with Crippen LogP contribution in [0, 0.1) is 0 Å². The van der Waals surface area contributed by atoms with Crippen molar-refractivity contribution in [3.63, 3.8) is 0 Å². The molecule has 0 radical (unpaired) electrons. The van der Waals surface area contributed by atoms with Gasteiger partial charge >= 0.3 is 0 Å². The SMILES string of the molecule is CNS(=O)(=O)c1cc(C(=O)NC[C@H](C)N2CCCC2)n(C)c1. The predicted molar refractivity (Wildman–Crippen MR) is 84.3 cm³/mol. The molecule has 0 saturated carbocycles. The summed E-state index contributed by atoms with van der Waals surface area (Å²) in [6.07, 6.45) is 3.85. The lowest BCUT2D eigenvalue weighted by molar-refractivity contribution is 0.0932. The number of likely N-dealkylation sites (tertiary alicyclic amines) is 1. The van der Waals surface area contributed by atoms with Crippen molar-refractivity contribution in [2.75, 3.05) is 26.7 Å². The first-order chi connectivity index (χ1) is 10.3. The van der Waals surface area contributed by atoms with Crippen molar-refractivity contribution in [2.45, 2.75) is 30.7 Å². The molecule has 1 aromatic rings. The Morgan fingerprint density at radius 3 is 2.59 bits per heavy atom. The molecule has 1 aliphatic rings.